The van der Waals surface area contributed by atoms with E-state index in [1.807, 2.05) is 30.1 Å². The largest absolute Gasteiger partial charge is 0.493 e. The van der Waals surface area contributed by atoms with E-state index < -0.39 is 0 Å². The van der Waals surface area contributed by atoms with Gasteiger partial charge in [0.05, 0.1) is 34.5 Å². The second-order valence-electron chi connectivity index (χ2n) is 7.21. The Balaban J connectivity index is 1.88. The minimum atomic E-state index is -0.0540. The number of rotatable bonds is 4. The van der Waals surface area contributed by atoms with Crippen LogP contribution >= 0.6 is 0 Å². The van der Waals surface area contributed by atoms with Gasteiger partial charge in [-0.15, -0.1) is 0 Å². The molecule has 2 atom stereocenters. The van der Waals surface area contributed by atoms with E-state index in [9.17, 15) is 4.79 Å². The zero-order valence-electron chi connectivity index (χ0n) is 16.9. The first-order valence-corrected chi connectivity index (χ1v) is 9.31. The van der Waals surface area contributed by atoms with Gasteiger partial charge in [-0.1, -0.05) is 0 Å². The molecule has 1 heterocycles. The summed E-state index contributed by atoms with van der Waals surface area (Å²) in [5.74, 6) is 2.79. The van der Waals surface area contributed by atoms with Gasteiger partial charge >= 0.3 is 0 Å². The van der Waals surface area contributed by atoms with Crippen LogP contribution in [-0.2, 0) is 6.42 Å². The lowest BCUT2D eigenvalue weighted by molar-refractivity contribution is 0.0656. The van der Waals surface area contributed by atoms with Crippen molar-refractivity contribution in [3.63, 3.8) is 0 Å². The minimum absolute atomic E-state index is 0.0140. The number of benzene rings is 2. The van der Waals surface area contributed by atoms with Gasteiger partial charge in [-0.3, -0.25) is 4.79 Å². The third-order valence-corrected chi connectivity index (χ3v) is 5.99. The van der Waals surface area contributed by atoms with Crippen LogP contribution < -0.4 is 18.9 Å². The summed E-state index contributed by atoms with van der Waals surface area (Å²) in [6, 6.07) is 7.75. The topological polar surface area (TPSA) is 57.2 Å². The summed E-state index contributed by atoms with van der Waals surface area (Å²) in [4.78, 5) is 15.0. The zero-order valence-corrected chi connectivity index (χ0v) is 16.9. The molecule has 0 saturated carbocycles. The van der Waals surface area contributed by atoms with Crippen LogP contribution in [0.25, 0.3) is 0 Å². The van der Waals surface area contributed by atoms with Crippen molar-refractivity contribution in [1.29, 1.82) is 0 Å². The lowest BCUT2D eigenvalue weighted by Crippen LogP contribution is -2.42. The van der Waals surface area contributed by atoms with E-state index in [1.165, 1.54) is 5.56 Å². The first-order valence-electron chi connectivity index (χ1n) is 9.31. The molecule has 0 N–H and O–H groups in total. The monoisotopic (exact) mass is 383 g/mol. The maximum atomic E-state index is 13.2. The maximum Gasteiger partial charge on any atom is 0.254 e. The lowest BCUT2D eigenvalue weighted by Gasteiger charge is -2.44. The second-order valence-corrected chi connectivity index (χ2v) is 7.21. The number of aryl methyl sites for hydroxylation is 1. The molecule has 0 radical (unpaired) electrons. The molecule has 0 spiro atoms. The number of nitrogens with zero attached hydrogens (tertiary/aromatic N) is 1. The fourth-order valence-electron chi connectivity index (χ4n) is 4.62. The molecule has 2 aromatic rings. The van der Waals surface area contributed by atoms with Crippen molar-refractivity contribution < 1.29 is 23.7 Å². The molecule has 0 aromatic heterocycles. The number of ether oxygens (including phenoxy) is 4. The first kappa shape index (κ1) is 18.5. The first-order chi connectivity index (χ1) is 13.5. The van der Waals surface area contributed by atoms with E-state index in [-0.39, 0.29) is 17.9 Å². The Morgan fingerprint density at radius 2 is 1.36 bits per heavy atom. The van der Waals surface area contributed by atoms with Crippen LogP contribution in [-0.4, -0.2) is 46.3 Å². The van der Waals surface area contributed by atoms with E-state index in [4.69, 9.17) is 18.9 Å². The smallest absolute Gasteiger partial charge is 0.254 e. The Morgan fingerprint density at radius 1 is 0.821 bits per heavy atom. The number of fused-ring (bicyclic) bond motifs is 5. The average Bonchev–Trinajstić information content (AvgIpc) is 2.74. The molecular weight excluding hydrogens is 358 g/mol. The summed E-state index contributed by atoms with van der Waals surface area (Å²) >= 11 is 0. The van der Waals surface area contributed by atoms with Crippen molar-refractivity contribution in [3.8, 4) is 23.0 Å². The fraction of sp³-hybridized carbons (Fsp3) is 0.409. The highest BCUT2D eigenvalue weighted by Gasteiger charge is 2.42. The number of carbonyl (C=O) groups is 1. The summed E-state index contributed by atoms with van der Waals surface area (Å²) in [5, 5.41) is 0. The Bertz CT molecular complexity index is 939. The van der Waals surface area contributed by atoms with Gasteiger partial charge in [0.15, 0.2) is 23.0 Å². The number of hydrogen-bond acceptors (Lipinski definition) is 5. The molecule has 1 aliphatic heterocycles. The van der Waals surface area contributed by atoms with E-state index in [2.05, 4.69) is 0 Å². The van der Waals surface area contributed by atoms with Crippen LogP contribution in [0.5, 0.6) is 23.0 Å². The van der Waals surface area contributed by atoms with Crippen LogP contribution in [0.2, 0.25) is 0 Å². The van der Waals surface area contributed by atoms with Gasteiger partial charge in [-0.2, -0.15) is 0 Å². The van der Waals surface area contributed by atoms with Gasteiger partial charge in [0.2, 0.25) is 0 Å². The summed E-state index contributed by atoms with van der Waals surface area (Å²) < 4.78 is 21.9. The lowest BCUT2D eigenvalue weighted by atomic mass is 9.72. The highest BCUT2D eigenvalue weighted by atomic mass is 16.5. The fourth-order valence-corrected chi connectivity index (χ4v) is 4.62. The SMILES string of the molecule is COc1cc2c(cc1OC)[C@@H]1[C@H](CC2)c2cc(OC)c(OC)cc2C(=O)N1C. The molecule has 4 rings (SSSR count). The summed E-state index contributed by atoms with van der Waals surface area (Å²) in [6.45, 7) is 0. The molecule has 148 valence electrons. The number of likely N-dealkylation sites (N-methyl/N-ethyl adjacent to an activating group) is 1. The summed E-state index contributed by atoms with van der Waals surface area (Å²) in [7, 11) is 8.34. The van der Waals surface area contributed by atoms with E-state index in [0.29, 0.717) is 22.8 Å². The highest BCUT2D eigenvalue weighted by Crippen LogP contribution is 2.52. The summed E-state index contributed by atoms with van der Waals surface area (Å²) in [6.07, 6.45) is 1.85. The maximum absolute atomic E-state index is 13.2. The molecule has 6 heteroatoms. The number of carbonyl (C=O) groups excluding carboxylic acids is 1. The van der Waals surface area contributed by atoms with Crippen LogP contribution in [0.4, 0.5) is 0 Å². The van der Waals surface area contributed by atoms with Gasteiger partial charge in [0.1, 0.15) is 0 Å². The molecule has 0 unspecified atom stereocenters. The van der Waals surface area contributed by atoms with Gasteiger partial charge in [0, 0.05) is 18.5 Å². The van der Waals surface area contributed by atoms with Gasteiger partial charge in [-0.25, -0.2) is 0 Å². The predicted molar refractivity (Wildman–Crippen MR) is 105 cm³/mol. The van der Waals surface area contributed by atoms with E-state index in [0.717, 1.165) is 29.7 Å². The van der Waals surface area contributed by atoms with Crippen LogP contribution in [0.15, 0.2) is 24.3 Å². The zero-order chi connectivity index (χ0) is 20.0. The van der Waals surface area contributed by atoms with Crippen molar-refractivity contribution in [1.82, 2.24) is 4.90 Å². The van der Waals surface area contributed by atoms with Crippen LogP contribution in [0, 0.1) is 0 Å². The standard InChI is InChI=1S/C22H25NO5/c1-23-21-13(7-6-12-8-17(25-2)18(26-3)9-14(12)21)15-10-19(27-4)20(28-5)11-16(15)22(23)24/h8-11,13,21H,6-7H2,1-5H3/t13-,21+/m1/s1. The van der Waals surface area contributed by atoms with Crippen molar-refractivity contribution in [2.24, 2.45) is 0 Å². The molecule has 0 saturated heterocycles. The van der Waals surface area contributed by atoms with Crippen molar-refractivity contribution in [2.75, 3.05) is 35.5 Å². The van der Waals surface area contributed by atoms with Crippen molar-refractivity contribution in [2.45, 2.75) is 24.8 Å². The third kappa shape index (κ3) is 2.58. The van der Waals surface area contributed by atoms with Gasteiger partial charge in [-0.05, 0) is 53.8 Å². The van der Waals surface area contributed by atoms with Crippen LogP contribution in [0.3, 0.4) is 0 Å². The quantitative estimate of drug-likeness (QED) is 0.808. The normalized spacial score (nSPS) is 20.0. The van der Waals surface area contributed by atoms with E-state index >= 15 is 0 Å². The number of hydrogen-bond donors (Lipinski definition) is 0. The van der Waals surface area contributed by atoms with Crippen LogP contribution in [0.1, 0.15) is 45.4 Å². The Hall–Kier alpha value is -2.89. The molecule has 1 amide bonds. The number of methoxy groups -OCH3 is 4. The average molecular weight is 383 g/mol. The molecule has 2 aliphatic rings. The minimum Gasteiger partial charge on any atom is -0.493 e. The molecule has 0 fully saturated rings. The molecule has 1 aliphatic carbocycles. The second kappa shape index (κ2) is 6.93. The molecular formula is C22H25NO5. The molecule has 0 bridgehead atoms. The van der Waals surface area contributed by atoms with Gasteiger partial charge in [0.25, 0.3) is 5.91 Å². The molecule has 6 nitrogen and oxygen atoms in total. The number of amides is 1. The van der Waals surface area contributed by atoms with Gasteiger partial charge < -0.3 is 23.8 Å². The highest BCUT2D eigenvalue weighted by molar-refractivity contribution is 5.98. The van der Waals surface area contributed by atoms with Crippen molar-refractivity contribution in [3.05, 3.63) is 46.5 Å². The third-order valence-electron chi connectivity index (χ3n) is 5.99. The Kier molecular flexibility index (Phi) is 4.57. The Labute approximate surface area is 165 Å². The Morgan fingerprint density at radius 3 is 1.96 bits per heavy atom. The predicted octanol–water partition coefficient (Wildman–Crippen LogP) is 3.58. The summed E-state index contributed by atoms with van der Waals surface area (Å²) in [5.41, 5.74) is 4.02. The van der Waals surface area contributed by atoms with Crippen molar-refractivity contribution >= 4 is 5.91 Å². The molecule has 28 heavy (non-hydrogen) atoms. The molecule has 2 aromatic carbocycles. The van der Waals surface area contributed by atoms with E-state index in [1.54, 1.807) is 34.5 Å².